The molecule has 0 aliphatic rings. The second-order valence-corrected chi connectivity index (χ2v) is 5.40. The quantitative estimate of drug-likeness (QED) is 0.549. The molecule has 0 amide bonds. The van der Waals surface area contributed by atoms with E-state index < -0.39 is 12.2 Å². The lowest BCUT2D eigenvalue weighted by molar-refractivity contribution is 0.0202. The van der Waals surface area contributed by atoms with Gasteiger partial charge in [-0.1, -0.05) is 44.7 Å². The molecule has 1 aromatic rings. The molecular weight excluding hydrogens is 266 g/mol. The van der Waals surface area contributed by atoms with Crippen molar-refractivity contribution in [3.05, 3.63) is 29.8 Å². The molecule has 2 atom stereocenters. The van der Waals surface area contributed by atoms with Crippen molar-refractivity contribution < 1.29 is 14.9 Å². The molecule has 0 heterocycles. The van der Waals surface area contributed by atoms with Crippen LogP contribution in [0.4, 0.5) is 0 Å². The molecule has 3 N–H and O–H groups in total. The number of nitrogens with one attached hydrogen (secondary N) is 1. The number of hydrogen-bond donors (Lipinski definition) is 3. The van der Waals surface area contributed by atoms with E-state index in [1.54, 1.807) is 19.2 Å². The molecule has 4 nitrogen and oxygen atoms in total. The maximum absolute atomic E-state index is 9.98. The summed E-state index contributed by atoms with van der Waals surface area (Å²) in [4.78, 5) is 0. The Morgan fingerprint density at radius 3 is 2.33 bits per heavy atom. The minimum atomic E-state index is -0.874. The standard InChI is InChI=1S/C17H29NO3/c1-3-4-5-6-7-12-21-15-10-8-14(9-11-15)17(20)16(19)13-18-2/h8-11,16-20H,3-7,12-13H2,1-2H3. The second kappa shape index (κ2) is 10.6. The van der Waals surface area contributed by atoms with E-state index in [1.807, 2.05) is 12.1 Å². The molecule has 1 aromatic carbocycles. The predicted molar refractivity (Wildman–Crippen MR) is 85.6 cm³/mol. The number of ether oxygens (including phenoxy) is 1. The van der Waals surface area contributed by atoms with E-state index in [0.717, 1.165) is 18.8 Å². The van der Waals surface area contributed by atoms with E-state index in [9.17, 15) is 10.2 Å². The summed E-state index contributed by atoms with van der Waals surface area (Å²) in [6, 6.07) is 7.29. The second-order valence-electron chi connectivity index (χ2n) is 5.40. The fraction of sp³-hybridized carbons (Fsp3) is 0.647. The van der Waals surface area contributed by atoms with Gasteiger partial charge in [-0.2, -0.15) is 0 Å². The summed E-state index contributed by atoms with van der Waals surface area (Å²) in [6.07, 6.45) is 4.42. The van der Waals surface area contributed by atoms with Crippen LogP contribution in [0, 0.1) is 0 Å². The number of benzene rings is 1. The van der Waals surface area contributed by atoms with Gasteiger partial charge in [0, 0.05) is 6.54 Å². The lowest BCUT2D eigenvalue weighted by atomic mass is 10.0. The predicted octanol–water partition coefficient (Wildman–Crippen LogP) is 2.65. The molecule has 1 rings (SSSR count). The summed E-state index contributed by atoms with van der Waals surface area (Å²) in [5, 5.41) is 22.6. The summed E-state index contributed by atoms with van der Waals surface area (Å²) in [7, 11) is 1.74. The highest BCUT2D eigenvalue weighted by molar-refractivity contribution is 5.29. The number of rotatable bonds is 11. The molecule has 0 fully saturated rings. The number of unbranched alkanes of at least 4 members (excludes halogenated alkanes) is 4. The summed E-state index contributed by atoms with van der Waals surface area (Å²) < 4.78 is 5.67. The van der Waals surface area contributed by atoms with E-state index >= 15 is 0 Å². The third-order valence-electron chi connectivity index (χ3n) is 3.52. The average molecular weight is 295 g/mol. The molecule has 0 radical (unpaired) electrons. The van der Waals surface area contributed by atoms with Gasteiger partial charge >= 0.3 is 0 Å². The zero-order valence-corrected chi connectivity index (χ0v) is 13.2. The van der Waals surface area contributed by atoms with Gasteiger partial charge in [0.1, 0.15) is 11.9 Å². The first-order valence-electron chi connectivity index (χ1n) is 7.92. The monoisotopic (exact) mass is 295 g/mol. The van der Waals surface area contributed by atoms with Crippen LogP contribution in [0.5, 0.6) is 5.75 Å². The Kier molecular flexibility index (Phi) is 9.06. The minimum Gasteiger partial charge on any atom is -0.494 e. The van der Waals surface area contributed by atoms with Crippen molar-refractivity contribution in [2.24, 2.45) is 0 Å². The van der Waals surface area contributed by atoms with Crippen molar-refractivity contribution in [1.82, 2.24) is 5.32 Å². The number of aliphatic hydroxyl groups is 2. The fourth-order valence-corrected chi connectivity index (χ4v) is 2.20. The molecule has 2 unspecified atom stereocenters. The summed E-state index contributed by atoms with van der Waals surface area (Å²) in [6.45, 7) is 3.30. The Morgan fingerprint density at radius 1 is 1.05 bits per heavy atom. The van der Waals surface area contributed by atoms with Gasteiger partial charge in [-0.25, -0.2) is 0 Å². The number of aliphatic hydroxyl groups excluding tert-OH is 2. The van der Waals surface area contributed by atoms with E-state index in [-0.39, 0.29) is 0 Å². The van der Waals surface area contributed by atoms with E-state index in [4.69, 9.17) is 4.74 Å². The van der Waals surface area contributed by atoms with Crippen LogP contribution >= 0.6 is 0 Å². The highest BCUT2D eigenvalue weighted by Crippen LogP contribution is 2.20. The van der Waals surface area contributed by atoms with Gasteiger partial charge in [-0.3, -0.25) is 0 Å². The topological polar surface area (TPSA) is 61.7 Å². The average Bonchev–Trinajstić information content (AvgIpc) is 2.51. The van der Waals surface area contributed by atoms with Crippen molar-refractivity contribution in [1.29, 1.82) is 0 Å². The van der Waals surface area contributed by atoms with Crippen LogP contribution in [0.2, 0.25) is 0 Å². The Labute approximate surface area is 128 Å². The van der Waals surface area contributed by atoms with Crippen LogP contribution in [-0.4, -0.2) is 36.5 Å². The molecule has 4 heteroatoms. The summed E-state index contributed by atoms with van der Waals surface area (Å²) >= 11 is 0. The molecule has 0 saturated heterocycles. The van der Waals surface area contributed by atoms with Gasteiger partial charge in [0.2, 0.25) is 0 Å². The first-order valence-corrected chi connectivity index (χ1v) is 7.92. The highest BCUT2D eigenvalue weighted by Gasteiger charge is 2.17. The van der Waals surface area contributed by atoms with Crippen LogP contribution in [0.3, 0.4) is 0 Å². The summed E-state index contributed by atoms with van der Waals surface area (Å²) in [5.41, 5.74) is 0.702. The van der Waals surface area contributed by atoms with E-state index in [2.05, 4.69) is 12.2 Å². The van der Waals surface area contributed by atoms with Crippen LogP contribution < -0.4 is 10.1 Å². The zero-order valence-electron chi connectivity index (χ0n) is 13.2. The van der Waals surface area contributed by atoms with Gasteiger partial charge in [0.15, 0.2) is 0 Å². The Hall–Kier alpha value is -1.10. The SMILES string of the molecule is CCCCCCCOc1ccc(C(O)C(O)CNC)cc1. The number of hydrogen-bond acceptors (Lipinski definition) is 4. The summed E-state index contributed by atoms with van der Waals surface area (Å²) in [5.74, 6) is 0.810. The largest absolute Gasteiger partial charge is 0.494 e. The van der Waals surface area contributed by atoms with Crippen LogP contribution in [0.1, 0.15) is 50.7 Å². The maximum Gasteiger partial charge on any atom is 0.119 e. The van der Waals surface area contributed by atoms with Crippen LogP contribution in [-0.2, 0) is 0 Å². The molecule has 0 bridgehead atoms. The Morgan fingerprint density at radius 2 is 1.71 bits per heavy atom. The van der Waals surface area contributed by atoms with Crippen molar-refractivity contribution in [2.75, 3.05) is 20.2 Å². The molecule has 0 aromatic heterocycles. The van der Waals surface area contributed by atoms with Gasteiger partial charge in [0.05, 0.1) is 12.7 Å². The van der Waals surface area contributed by atoms with Crippen molar-refractivity contribution in [3.8, 4) is 5.75 Å². The van der Waals surface area contributed by atoms with E-state index in [1.165, 1.54) is 25.7 Å². The zero-order chi connectivity index (χ0) is 15.5. The van der Waals surface area contributed by atoms with Crippen LogP contribution in [0.25, 0.3) is 0 Å². The van der Waals surface area contributed by atoms with Gasteiger partial charge in [-0.15, -0.1) is 0 Å². The number of likely N-dealkylation sites (N-methyl/N-ethyl adjacent to an activating group) is 1. The van der Waals surface area contributed by atoms with E-state index in [0.29, 0.717) is 12.1 Å². The molecule has 21 heavy (non-hydrogen) atoms. The molecule has 0 saturated carbocycles. The highest BCUT2D eigenvalue weighted by atomic mass is 16.5. The van der Waals surface area contributed by atoms with Crippen molar-refractivity contribution in [3.63, 3.8) is 0 Å². The first kappa shape index (κ1) is 18.0. The maximum atomic E-state index is 9.98. The lowest BCUT2D eigenvalue weighted by Gasteiger charge is -2.18. The van der Waals surface area contributed by atoms with Gasteiger partial charge < -0.3 is 20.3 Å². The molecule has 0 spiro atoms. The molecule has 0 aliphatic carbocycles. The molecule has 0 aliphatic heterocycles. The first-order chi connectivity index (χ1) is 10.2. The minimum absolute atomic E-state index is 0.358. The lowest BCUT2D eigenvalue weighted by Crippen LogP contribution is -2.29. The third-order valence-corrected chi connectivity index (χ3v) is 3.52. The molecule has 120 valence electrons. The fourth-order valence-electron chi connectivity index (χ4n) is 2.20. The molecular formula is C17H29NO3. The van der Waals surface area contributed by atoms with Gasteiger partial charge in [0.25, 0.3) is 0 Å². The van der Waals surface area contributed by atoms with Crippen LogP contribution in [0.15, 0.2) is 24.3 Å². The van der Waals surface area contributed by atoms with Crippen molar-refractivity contribution >= 4 is 0 Å². The third kappa shape index (κ3) is 6.93. The Balaban J connectivity index is 2.33. The normalized spacial score (nSPS) is 13.9. The Bertz CT molecular complexity index is 367. The van der Waals surface area contributed by atoms with Crippen molar-refractivity contribution in [2.45, 2.75) is 51.2 Å². The smallest absolute Gasteiger partial charge is 0.119 e. The van der Waals surface area contributed by atoms with Gasteiger partial charge in [-0.05, 0) is 31.2 Å².